The number of halogens is 1. The van der Waals surface area contributed by atoms with Crippen LogP contribution in [0.25, 0.3) is 0 Å². The number of hydrogen-bond donors (Lipinski definition) is 2. The van der Waals surface area contributed by atoms with Crippen LogP contribution in [0, 0.1) is 11.3 Å². The minimum absolute atomic E-state index is 0.112. The largest absolute Gasteiger partial charge is 0.452 e. The average Bonchev–Trinajstić information content (AvgIpc) is 2.68. The van der Waals surface area contributed by atoms with E-state index in [2.05, 4.69) is 15.0 Å². The van der Waals surface area contributed by atoms with E-state index in [0.29, 0.717) is 10.6 Å². The fourth-order valence-electron chi connectivity index (χ4n) is 1.92. The molecule has 0 aliphatic heterocycles. The summed E-state index contributed by atoms with van der Waals surface area (Å²) in [5.74, 6) is -1.36. The standard InChI is InChI=1S/C17H15ClN4O5S/c1-11(17(24)22-15-7-4-13(18)9-20-15)27-16(23)10-21-28(25,26)14-5-2-12(8-19)3-6-14/h2-7,9,11,21H,10H2,1H3,(H,20,22,24)/t11-/m0/s1. The van der Waals surface area contributed by atoms with Crippen molar-refractivity contribution in [2.45, 2.75) is 17.9 Å². The van der Waals surface area contributed by atoms with Crippen molar-refractivity contribution in [1.29, 1.82) is 5.26 Å². The fourth-order valence-corrected chi connectivity index (χ4v) is 3.00. The zero-order chi connectivity index (χ0) is 20.7. The van der Waals surface area contributed by atoms with E-state index in [1.807, 2.05) is 6.07 Å². The Balaban J connectivity index is 1.87. The lowest BCUT2D eigenvalue weighted by atomic mass is 10.2. The average molecular weight is 423 g/mol. The summed E-state index contributed by atoms with van der Waals surface area (Å²) >= 11 is 5.70. The molecule has 2 N–H and O–H groups in total. The lowest BCUT2D eigenvalue weighted by Gasteiger charge is -2.13. The van der Waals surface area contributed by atoms with Crippen molar-refractivity contribution in [3.05, 3.63) is 53.2 Å². The van der Waals surface area contributed by atoms with Crippen molar-refractivity contribution in [1.82, 2.24) is 9.71 Å². The lowest BCUT2D eigenvalue weighted by molar-refractivity contribution is -0.151. The number of aromatic nitrogens is 1. The van der Waals surface area contributed by atoms with Crippen LogP contribution in [-0.4, -0.2) is 37.9 Å². The quantitative estimate of drug-likeness (QED) is 0.644. The highest BCUT2D eigenvalue weighted by atomic mass is 35.5. The van der Waals surface area contributed by atoms with Crippen molar-refractivity contribution in [2.24, 2.45) is 0 Å². The number of amides is 1. The molecule has 0 saturated heterocycles. The number of sulfonamides is 1. The third-order valence-electron chi connectivity index (χ3n) is 3.36. The lowest BCUT2D eigenvalue weighted by Crippen LogP contribution is -2.36. The molecule has 0 bridgehead atoms. The minimum Gasteiger partial charge on any atom is -0.452 e. The van der Waals surface area contributed by atoms with Gasteiger partial charge in [-0.3, -0.25) is 9.59 Å². The van der Waals surface area contributed by atoms with E-state index in [4.69, 9.17) is 21.6 Å². The number of anilines is 1. The molecule has 0 saturated carbocycles. The van der Waals surface area contributed by atoms with Gasteiger partial charge in [0.1, 0.15) is 12.4 Å². The number of carbonyl (C=O) groups is 2. The third-order valence-corrected chi connectivity index (χ3v) is 5.00. The molecule has 0 aliphatic carbocycles. The van der Waals surface area contributed by atoms with Crippen LogP contribution in [0.5, 0.6) is 0 Å². The number of esters is 1. The van der Waals surface area contributed by atoms with Crippen LogP contribution < -0.4 is 10.0 Å². The summed E-state index contributed by atoms with van der Waals surface area (Å²) in [6, 6.07) is 10.0. The number of nitriles is 1. The van der Waals surface area contributed by atoms with Crippen molar-refractivity contribution in [3.63, 3.8) is 0 Å². The molecule has 0 unspecified atom stereocenters. The van der Waals surface area contributed by atoms with Gasteiger partial charge in [0.05, 0.1) is 21.6 Å². The highest BCUT2D eigenvalue weighted by Gasteiger charge is 2.21. The van der Waals surface area contributed by atoms with Crippen LogP contribution in [0.1, 0.15) is 12.5 Å². The number of ether oxygens (including phenoxy) is 1. The first-order chi connectivity index (χ1) is 13.2. The Bertz CT molecular complexity index is 1000. The second kappa shape index (κ2) is 9.27. The SMILES string of the molecule is C[C@H](OC(=O)CNS(=O)(=O)c1ccc(C#N)cc1)C(=O)Nc1ccc(Cl)cn1. The molecule has 2 aromatic rings. The molecule has 11 heteroatoms. The van der Waals surface area contributed by atoms with Crippen molar-refractivity contribution in [2.75, 3.05) is 11.9 Å². The number of pyridine rings is 1. The number of carbonyl (C=O) groups excluding carboxylic acids is 2. The highest BCUT2D eigenvalue weighted by Crippen LogP contribution is 2.11. The molecule has 1 amide bonds. The van der Waals surface area contributed by atoms with Crippen molar-refractivity contribution in [3.8, 4) is 6.07 Å². The molecule has 1 aromatic carbocycles. The van der Waals surface area contributed by atoms with E-state index in [-0.39, 0.29) is 10.7 Å². The maximum Gasteiger partial charge on any atom is 0.321 e. The van der Waals surface area contributed by atoms with Gasteiger partial charge in [-0.15, -0.1) is 0 Å². The molecule has 1 heterocycles. The van der Waals surface area contributed by atoms with E-state index < -0.39 is 34.5 Å². The van der Waals surface area contributed by atoms with Crippen LogP contribution in [0.15, 0.2) is 47.5 Å². The summed E-state index contributed by atoms with van der Waals surface area (Å²) in [4.78, 5) is 27.6. The highest BCUT2D eigenvalue weighted by molar-refractivity contribution is 7.89. The molecule has 9 nitrogen and oxygen atoms in total. The molecule has 1 aromatic heterocycles. The van der Waals surface area contributed by atoms with E-state index in [9.17, 15) is 18.0 Å². The van der Waals surface area contributed by atoms with Gasteiger partial charge in [0.2, 0.25) is 10.0 Å². The Morgan fingerprint density at radius 1 is 1.25 bits per heavy atom. The predicted molar refractivity (Wildman–Crippen MR) is 99.8 cm³/mol. The van der Waals surface area contributed by atoms with E-state index in [0.717, 1.165) is 0 Å². The molecule has 0 radical (unpaired) electrons. The summed E-state index contributed by atoms with van der Waals surface area (Å²) in [5, 5.41) is 11.6. The van der Waals surface area contributed by atoms with Crippen molar-refractivity contribution >= 4 is 39.3 Å². The molecule has 0 fully saturated rings. The van der Waals surface area contributed by atoms with E-state index in [1.54, 1.807) is 0 Å². The fraction of sp³-hybridized carbons (Fsp3) is 0.176. The van der Waals surface area contributed by atoms with Gasteiger partial charge in [0.15, 0.2) is 6.10 Å². The summed E-state index contributed by atoms with van der Waals surface area (Å²) in [6.45, 7) is 0.664. The summed E-state index contributed by atoms with van der Waals surface area (Å²) in [5.41, 5.74) is 0.299. The van der Waals surface area contributed by atoms with Gasteiger partial charge in [-0.25, -0.2) is 13.4 Å². The van der Waals surface area contributed by atoms with Gasteiger partial charge in [0.25, 0.3) is 5.91 Å². The van der Waals surface area contributed by atoms with Gasteiger partial charge in [-0.05, 0) is 43.3 Å². The Morgan fingerprint density at radius 2 is 1.93 bits per heavy atom. The Hall–Kier alpha value is -3.00. The number of nitrogens with one attached hydrogen (secondary N) is 2. The van der Waals surface area contributed by atoms with Gasteiger partial charge in [0, 0.05) is 6.20 Å². The van der Waals surface area contributed by atoms with Crippen LogP contribution in [-0.2, 0) is 24.3 Å². The Labute approximate surface area is 166 Å². The van der Waals surface area contributed by atoms with Gasteiger partial charge < -0.3 is 10.1 Å². The first-order valence-corrected chi connectivity index (χ1v) is 9.69. The second-order valence-electron chi connectivity index (χ2n) is 5.44. The molecular formula is C17H15ClN4O5S. The van der Waals surface area contributed by atoms with Crippen LogP contribution in [0.3, 0.4) is 0 Å². The predicted octanol–water partition coefficient (Wildman–Crippen LogP) is 1.46. The van der Waals surface area contributed by atoms with Crippen LogP contribution >= 0.6 is 11.6 Å². The topological polar surface area (TPSA) is 138 Å². The molecule has 0 spiro atoms. The van der Waals surface area contributed by atoms with Gasteiger partial charge in [-0.1, -0.05) is 11.6 Å². The van der Waals surface area contributed by atoms with Crippen molar-refractivity contribution < 1.29 is 22.7 Å². The van der Waals surface area contributed by atoms with Crippen LogP contribution in [0.2, 0.25) is 5.02 Å². The van der Waals surface area contributed by atoms with Gasteiger partial charge >= 0.3 is 5.97 Å². The van der Waals surface area contributed by atoms with Gasteiger partial charge in [-0.2, -0.15) is 9.98 Å². The molecule has 2 rings (SSSR count). The first kappa shape index (κ1) is 21.3. The Morgan fingerprint density at radius 3 is 2.50 bits per heavy atom. The van der Waals surface area contributed by atoms with Crippen LogP contribution in [0.4, 0.5) is 5.82 Å². The zero-order valence-corrected chi connectivity index (χ0v) is 16.1. The normalized spacial score (nSPS) is 11.9. The number of benzene rings is 1. The summed E-state index contributed by atoms with van der Waals surface area (Å²) in [7, 11) is -3.97. The Kier molecular flexibility index (Phi) is 7.06. The van der Waals surface area contributed by atoms with E-state index >= 15 is 0 Å². The minimum atomic E-state index is -3.97. The van der Waals surface area contributed by atoms with E-state index in [1.165, 1.54) is 49.5 Å². The molecular weight excluding hydrogens is 408 g/mol. The second-order valence-corrected chi connectivity index (χ2v) is 7.65. The summed E-state index contributed by atoms with van der Waals surface area (Å²) < 4.78 is 31.2. The smallest absolute Gasteiger partial charge is 0.321 e. The zero-order valence-electron chi connectivity index (χ0n) is 14.5. The maximum absolute atomic E-state index is 12.1. The monoisotopic (exact) mass is 422 g/mol. The molecule has 0 aliphatic rings. The summed E-state index contributed by atoms with van der Waals surface area (Å²) in [6.07, 6.45) is 0.163. The number of hydrogen-bond acceptors (Lipinski definition) is 7. The first-order valence-electron chi connectivity index (χ1n) is 7.83. The molecule has 28 heavy (non-hydrogen) atoms. The number of nitrogens with zero attached hydrogens (tertiary/aromatic N) is 2. The maximum atomic E-state index is 12.1. The molecule has 146 valence electrons. The third kappa shape index (κ3) is 6.02. The molecule has 1 atom stereocenters. The number of rotatable bonds is 7.